The number of carbonyl (C=O) groups excluding carboxylic acids is 3. The van der Waals surface area contributed by atoms with Crippen LogP contribution in [0.2, 0.25) is 5.04 Å². The average molecular weight is 545 g/mol. The Labute approximate surface area is 224 Å². The highest BCUT2D eigenvalue weighted by atomic mass is 28.4. The first-order valence-corrected chi connectivity index (χ1v) is 14.4. The van der Waals surface area contributed by atoms with Crippen molar-refractivity contribution in [3.05, 3.63) is 60.7 Å². The molecule has 206 valence electrons. The van der Waals surface area contributed by atoms with Crippen LogP contribution in [0.3, 0.4) is 0 Å². The van der Waals surface area contributed by atoms with Gasteiger partial charge in [0.2, 0.25) is 0 Å². The summed E-state index contributed by atoms with van der Waals surface area (Å²) < 4.78 is 28.9. The molecule has 0 bridgehead atoms. The summed E-state index contributed by atoms with van der Waals surface area (Å²) in [4.78, 5) is 35.8. The fraction of sp³-hybridized carbons (Fsp3) is 0.464. The van der Waals surface area contributed by atoms with E-state index >= 15 is 0 Å². The molecule has 0 aliphatic carbocycles. The van der Waals surface area contributed by atoms with Gasteiger partial charge in [0.1, 0.15) is 6.10 Å². The SMILES string of the molecule is CC(=O)O[C@@H]1[C@@H](OC(C)=O)[C@@H](O)O[C@H](CO[Si](c2ccccc2)(c2ccccc2)C(C)(C)C)[C@H]1OC(C)=O. The van der Waals surface area contributed by atoms with Gasteiger partial charge in [0.25, 0.3) is 8.32 Å². The molecule has 2 aromatic rings. The molecule has 1 fully saturated rings. The highest BCUT2D eigenvalue weighted by Crippen LogP contribution is 2.38. The topological polar surface area (TPSA) is 118 Å². The number of carbonyl (C=O) groups is 3. The Hall–Kier alpha value is -3.05. The summed E-state index contributed by atoms with van der Waals surface area (Å²) in [5, 5.41) is 12.5. The molecule has 10 heteroatoms. The van der Waals surface area contributed by atoms with Gasteiger partial charge in [-0.2, -0.15) is 0 Å². The predicted octanol–water partition coefficient (Wildman–Crippen LogP) is 2.08. The van der Waals surface area contributed by atoms with Crippen molar-refractivity contribution in [3.63, 3.8) is 0 Å². The van der Waals surface area contributed by atoms with E-state index in [1.54, 1.807) is 0 Å². The van der Waals surface area contributed by atoms with Crippen molar-refractivity contribution in [1.82, 2.24) is 0 Å². The van der Waals surface area contributed by atoms with Crippen LogP contribution in [0, 0.1) is 0 Å². The molecule has 0 saturated carbocycles. The zero-order chi connectivity index (χ0) is 28.1. The summed E-state index contributed by atoms with van der Waals surface area (Å²) in [6.07, 6.45) is -6.60. The largest absolute Gasteiger partial charge is 0.456 e. The molecule has 38 heavy (non-hydrogen) atoms. The highest BCUT2D eigenvalue weighted by Gasteiger charge is 2.54. The number of benzene rings is 2. The molecule has 5 atom stereocenters. The van der Waals surface area contributed by atoms with Crippen LogP contribution in [-0.4, -0.2) is 68.6 Å². The monoisotopic (exact) mass is 544 g/mol. The standard InChI is InChI=1S/C28H36O9Si/c1-18(29)34-24-23(37-27(32)26(36-20(3)31)25(24)35-19(2)30)17-33-38(28(4,5)6,21-13-9-7-10-14-21)22-15-11-8-12-16-22/h7-16,23-27,32H,17H2,1-6H3/t23-,24-,25+,26-,27+/m1/s1. The van der Waals surface area contributed by atoms with Gasteiger partial charge >= 0.3 is 17.9 Å². The van der Waals surface area contributed by atoms with Gasteiger partial charge in [-0.05, 0) is 15.4 Å². The minimum absolute atomic E-state index is 0.104. The molecular formula is C28H36O9Si. The molecule has 9 nitrogen and oxygen atoms in total. The van der Waals surface area contributed by atoms with E-state index in [-0.39, 0.29) is 11.6 Å². The van der Waals surface area contributed by atoms with Crippen molar-refractivity contribution in [3.8, 4) is 0 Å². The lowest BCUT2D eigenvalue weighted by molar-refractivity contribution is -0.294. The van der Waals surface area contributed by atoms with Crippen LogP contribution in [0.5, 0.6) is 0 Å². The Bertz CT molecular complexity index is 1060. The van der Waals surface area contributed by atoms with Crippen LogP contribution in [0.25, 0.3) is 0 Å². The summed E-state index contributed by atoms with van der Waals surface area (Å²) in [6.45, 7) is 9.75. The Balaban J connectivity index is 2.06. The van der Waals surface area contributed by atoms with Gasteiger partial charge in [0.15, 0.2) is 24.6 Å². The zero-order valence-corrected chi connectivity index (χ0v) is 23.6. The van der Waals surface area contributed by atoms with Crippen LogP contribution >= 0.6 is 0 Å². The normalized spacial score (nSPS) is 23.8. The average Bonchev–Trinajstić information content (AvgIpc) is 2.83. The van der Waals surface area contributed by atoms with Gasteiger partial charge in [-0.15, -0.1) is 0 Å². The maximum atomic E-state index is 12.1. The molecule has 1 aliphatic rings. The molecule has 1 aliphatic heterocycles. The van der Waals surface area contributed by atoms with Gasteiger partial charge in [0, 0.05) is 20.8 Å². The highest BCUT2D eigenvalue weighted by molar-refractivity contribution is 6.99. The van der Waals surface area contributed by atoms with E-state index in [2.05, 4.69) is 20.8 Å². The molecule has 2 aromatic carbocycles. The maximum Gasteiger partial charge on any atom is 0.303 e. The third kappa shape index (κ3) is 6.50. The number of hydrogen-bond donors (Lipinski definition) is 1. The first kappa shape index (κ1) is 29.5. The van der Waals surface area contributed by atoms with Crippen LogP contribution in [0.4, 0.5) is 0 Å². The molecule has 1 N–H and O–H groups in total. The first-order valence-electron chi connectivity index (χ1n) is 12.5. The van der Waals surface area contributed by atoms with E-state index in [0.29, 0.717) is 0 Å². The molecular weight excluding hydrogens is 508 g/mol. The number of aliphatic hydroxyl groups is 1. The molecule has 3 rings (SSSR count). The fourth-order valence-corrected chi connectivity index (χ4v) is 9.54. The van der Waals surface area contributed by atoms with E-state index in [9.17, 15) is 19.5 Å². The number of aliphatic hydroxyl groups excluding tert-OH is 1. The Morgan fingerprint density at radius 3 is 1.61 bits per heavy atom. The molecule has 0 aromatic heterocycles. The minimum Gasteiger partial charge on any atom is -0.456 e. The van der Waals surface area contributed by atoms with E-state index in [0.717, 1.165) is 17.3 Å². The number of rotatable bonds is 8. The Kier molecular flexibility index (Phi) is 9.48. The lowest BCUT2D eigenvalue weighted by atomic mass is 9.98. The lowest BCUT2D eigenvalue weighted by Gasteiger charge is -2.46. The number of esters is 3. The second-order valence-corrected chi connectivity index (χ2v) is 14.6. The fourth-order valence-electron chi connectivity index (χ4n) is 4.97. The minimum atomic E-state index is -3.02. The molecule has 0 unspecified atom stereocenters. The van der Waals surface area contributed by atoms with E-state index in [1.807, 2.05) is 60.7 Å². The van der Waals surface area contributed by atoms with Gasteiger partial charge < -0.3 is 28.5 Å². The predicted molar refractivity (Wildman–Crippen MR) is 141 cm³/mol. The third-order valence-electron chi connectivity index (χ3n) is 6.40. The van der Waals surface area contributed by atoms with E-state index in [4.69, 9.17) is 23.4 Å². The third-order valence-corrected chi connectivity index (χ3v) is 11.4. The van der Waals surface area contributed by atoms with E-state index < -0.39 is 56.9 Å². The summed E-state index contributed by atoms with van der Waals surface area (Å²) in [5.41, 5.74) is 0. The van der Waals surface area contributed by atoms with Crippen LogP contribution in [0.1, 0.15) is 41.5 Å². The van der Waals surface area contributed by atoms with Crippen LogP contribution in [-0.2, 0) is 37.8 Å². The molecule has 0 radical (unpaired) electrons. The second kappa shape index (κ2) is 12.2. The van der Waals surface area contributed by atoms with E-state index in [1.165, 1.54) is 13.8 Å². The van der Waals surface area contributed by atoms with Crippen molar-refractivity contribution in [2.24, 2.45) is 0 Å². The Morgan fingerprint density at radius 1 is 0.763 bits per heavy atom. The zero-order valence-electron chi connectivity index (χ0n) is 22.6. The van der Waals surface area contributed by atoms with Crippen molar-refractivity contribution in [2.45, 2.75) is 77.3 Å². The van der Waals surface area contributed by atoms with Crippen LogP contribution in [0.15, 0.2) is 60.7 Å². The summed E-state index contributed by atoms with van der Waals surface area (Å²) in [5.74, 6) is -2.09. The van der Waals surface area contributed by atoms with Gasteiger partial charge in [-0.1, -0.05) is 81.4 Å². The smallest absolute Gasteiger partial charge is 0.303 e. The second-order valence-electron chi connectivity index (χ2n) is 10.3. The van der Waals surface area contributed by atoms with Crippen LogP contribution < -0.4 is 10.4 Å². The summed E-state index contributed by atoms with van der Waals surface area (Å²) >= 11 is 0. The van der Waals surface area contributed by atoms with Gasteiger partial charge in [0.05, 0.1) is 6.61 Å². The summed E-state index contributed by atoms with van der Waals surface area (Å²) in [6, 6.07) is 19.8. The number of hydrogen-bond acceptors (Lipinski definition) is 9. The van der Waals surface area contributed by atoms with Crippen molar-refractivity contribution in [1.29, 1.82) is 0 Å². The van der Waals surface area contributed by atoms with Crippen molar-refractivity contribution in [2.75, 3.05) is 6.61 Å². The van der Waals surface area contributed by atoms with Gasteiger partial charge in [-0.3, -0.25) is 14.4 Å². The molecule has 1 heterocycles. The summed E-state index contributed by atoms with van der Waals surface area (Å²) in [7, 11) is -3.02. The molecule has 1 saturated heterocycles. The first-order chi connectivity index (χ1) is 17.9. The number of ether oxygens (including phenoxy) is 4. The van der Waals surface area contributed by atoms with Gasteiger partial charge in [-0.25, -0.2) is 0 Å². The Morgan fingerprint density at radius 2 is 1.18 bits per heavy atom. The van der Waals surface area contributed by atoms with Crippen molar-refractivity contribution < 1.29 is 42.9 Å². The molecule has 0 amide bonds. The van der Waals surface area contributed by atoms with Crippen molar-refractivity contribution >= 4 is 36.6 Å². The quantitative estimate of drug-likeness (QED) is 0.303. The maximum absolute atomic E-state index is 12.1. The molecule has 0 spiro atoms. The lowest BCUT2D eigenvalue weighted by Crippen LogP contribution is -2.68.